The topological polar surface area (TPSA) is 70.0 Å². The van der Waals surface area contributed by atoms with Gasteiger partial charge in [-0.05, 0) is 55.0 Å². The summed E-state index contributed by atoms with van der Waals surface area (Å²) < 4.78 is 24.5. The Balaban J connectivity index is 1.28. The van der Waals surface area contributed by atoms with Crippen molar-refractivity contribution in [2.24, 2.45) is 10.9 Å². The third-order valence-electron chi connectivity index (χ3n) is 7.06. The molecule has 0 spiro atoms. The van der Waals surface area contributed by atoms with Gasteiger partial charge in [0.25, 0.3) is 0 Å². The van der Waals surface area contributed by atoms with E-state index in [-0.39, 0.29) is 28.7 Å². The summed E-state index contributed by atoms with van der Waals surface area (Å²) in [6, 6.07) is 18.9. The maximum Gasteiger partial charge on any atom is 0.247 e. The van der Waals surface area contributed by atoms with Gasteiger partial charge < -0.3 is 9.80 Å². The second-order valence-electron chi connectivity index (χ2n) is 9.45. The number of aliphatic imine (C=N–C) groups is 1. The molecule has 0 saturated carbocycles. The monoisotopic (exact) mass is 497 g/mol. The number of amides is 1. The molecule has 180 valence electrons. The van der Waals surface area contributed by atoms with Crippen molar-refractivity contribution in [2.75, 3.05) is 34.4 Å². The van der Waals surface area contributed by atoms with Crippen LogP contribution in [0.4, 0.5) is 11.4 Å². The molecular weight excluding hydrogens is 466 g/mol. The highest BCUT2D eigenvalue weighted by Gasteiger charge is 2.49. The lowest BCUT2D eigenvalue weighted by Crippen LogP contribution is -2.38. The van der Waals surface area contributed by atoms with Gasteiger partial charge in [0.05, 0.1) is 17.5 Å². The molecule has 0 bridgehead atoms. The molecule has 3 aliphatic heterocycles. The number of carbonyl (C=O) groups is 1. The zero-order chi connectivity index (χ0) is 23.7. The normalized spacial score (nSPS) is 25.6. The Morgan fingerprint density at radius 1 is 1.00 bits per heavy atom. The van der Waals surface area contributed by atoms with Crippen LogP contribution in [-0.2, 0) is 21.1 Å². The Bertz CT molecular complexity index is 1160. The summed E-state index contributed by atoms with van der Waals surface area (Å²) in [5.41, 5.74) is 3.51. The minimum Gasteiger partial charge on any atom is -0.372 e. The fourth-order valence-corrected chi connectivity index (χ4v) is 9.15. The highest BCUT2D eigenvalue weighted by molar-refractivity contribution is 8.16. The molecule has 2 atom stereocenters. The van der Waals surface area contributed by atoms with E-state index in [1.807, 2.05) is 17.0 Å². The third-order valence-corrected chi connectivity index (χ3v) is 10.3. The number of sulfone groups is 1. The molecule has 0 radical (unpaired) electrons. The van der Waals surface area contributed by atoms with Crippen LogP contribution in [0.25, 0.3) is 0 Å². The summed E-state index contributed by atoms with van der Waals surface area (Å²) in [5.74, 6) is 0.801. The molecule has 34 heavy (non-hydrogen) atoms. The average molecular weight is 498 g/mol. The molecule has 3 fully saturated rings. The Labute approximate surface area is 206 Å². The lowest BCUT2D eigenvalue weighted by atomic mass is 9.90. The van der Waals surface area contributed by atoms with Crippen molar-refractivity contribution in [1.29, 1.82) is 0 Å². The fraction of sp³-hybridized carbons (Fsp3) is 0.462. The van der Waals surface area contributed by atoms with Gasteiger partial charge in [0, 0.05) is 36.1 Å². The van der Waals surface area contributed by atoms with Crippen molar-refractivity contribution in [3.63, 3.8) is 0 Å². The second kappa shape index (κ2) is 9.74. The molecule has 1 amide bonds. The second-order valence-corrected chi connectivity index (χ2v) is 12.8. The number of nitrogens with zero attached hydrogens (tertiary/aromatic N) is 3. The van der Waals surface area contributed by atoms with Crippen LogP contribution < -0.4 is 9.80 Å². The van der Waals surface area contributed by atoms with Crippen molar-refractivity contribution >= 4 is 44.0 Å². The van der Waals surface area contributed by atoms with Crippen molar-refractivity contribution in [1.82, 2.24) is 0 Å². The number of hydrogen-bond acceptors (Lipinski definition) is 5. The Morgan fingerprint density at radius 3 is 2.35 bits per heavy atom. The Hall–Kier alpha value is -2.32. The van der Waals surface area contributed by atoms with Gasteiger partial charge in [0.15, 0.2) is 15.0 Å². The van der Waals surface area contributed by atoms with E-state index in [9.17, 15) is 13.2 Å². The number of fused-ring (bicyclic) bond motifs is 1. The first-order valence-corrected chi connectivity index (χ1v) is 14.8. The smallest absolute Gasteiger partial charge is 0.247 e. The zero-order valence-electron chi connectivity index (χ0n) is 19.5. The van der Waals surface area contributed by atoms with Gasteiger partial charge in [-0.1, -0.05) is 49.0 Å². The fourth-order valence-electron chi connectivity index (χ4n) is 5.22. The van der Waals surface area contributed by atoms with Crippen molar-refractivity contribution in [3.8, 4) is 0 Å². The lowest BCUT2D eigenvalue weighted by Gasteiger charge is -2.34. The van der Waals surface area contributed by atoms with Crippen LogP contribution in [0.2, 0.25) is 0 Å². The molecular formula is C26H31N3O3S2. The maximum absolute atomic E-state index is 12.3. The van der Waals surface area contributed by atoms with Gasteiger partial charge in [0.1, 0.15) is 0 Å². The van der Waals surface area contributed by atoms with Crippen LogP contribution >= 0.6 is 11.8 Å². The summed E-state index contributed by atoms with van der Waals surface area (Å²) in [4.78, 5) is 20.7. The van der Waals surface area contributed by atoms with Crippen molar-refractivity contribution in [2.45, 2.75) is 43.9 Å². The van der Waals surface area contributed by atoms with Gasteiger partial charge in [-0.3, -0.25) is 4.79 Å². The molecule has 0 aliphatic carbocycles. The van der Waals surface area contributed by atoms with Crippen molar-refractivity contribution < 1.29 is 13.2 Å². The number of thioether (sulfide) groups is 1. The van der Waals surface area contributed by atoms with Crippen LogP contribution in [-0.4, -0.2) is 55.4 Å². The van der Waals surface area contributed by atoms with Crippen LogP contribution in [0.5, 0.6) is 0 Å². The molecule has 6 nitrogen and oxygen atoms in total. The molecule has 3 saturated heterocycles. The first-order chi connectivity index (χ1) is 16.4. The lowest BCUT2D eigenvalue weighted by molar-refractivity contribution is -0.117. The summed E-state index contributed by atoms with van der Waals surface area (Å²) >= 11 is 1.43. The number of amidine groups is 1. The predicted molar refractivity (Wildman–Crippen MR) is 141 cm³/mol. The molecule has 8 heteroatoms. The van der Waals surface area contributed by atoms with Gasteiger partial charge in [-0.25, -0.2) is 8.42 Å². The van der Waals surface area contributed by atoms with E-state index in [4.69, 9.17) is 0 Å². The first-order valence-electron chi connectivity index (χ1n) is 12.1. The molecule has 0 unspecified atom stereocenters. The number of carbonyl (C=O) groups excluding carboxylic acids is 1. The SMILES string of the molecule is CCC(=O)N=C1S[C@@H]2CS(=O)(=O)C[C@@H]2N1c1ccc(N2CCC(Cc3ccccc3)CC2)cc1. The molecule has 5 rings (SSSR count). The third kappa shape index (κ3) is 5.03. The van der Waals surface area contributed by atoms with Gasteiger partial charge >= 0.3 is 0 Å². The summed E-state index contributed by atoms with van der Waals surface area (Å²) in [6.45, 7) is 3.87. The molecule has 0 N–H and O–H groups in total. The van der Waals surface area contributed by atoms with Crippen LogP contribution in [0.1, 0.15) is 31.7 Å². The van der Waals surface area contributed by atoms with Crippen molar-refractivity contribution in [3.05, 3.63) is 60.2 Å². The Kier molecular flexibility index (Phi) is 6.71. The van der Waals surface area contributed by atoms with Crippen LogP contribution in [0.3, 0.4) is 0 Å². The number of benzene rings is 2. The molecule has 3 aliphatic rings. The molecule has 3 heterocycles. The van der Waals surface area contributed by atoms with E-state index < -0.39 is 9.84 Å². The number of rotatable bonds is 5. The first kappa shape index (κ1) is 23.4. The van der Waals surface area contributed by atoms with E-state index in [1.165, 1.54) is 35.9 Å². The maximum atomic E-state index is 12.3. The largest absolute Gasteiger partial charge is 0.372 e. The van der Waals surface area contributed by atoms with Crippen LogP contribution in [0, 0.1) is 5.92 Å². The van der Waals surface area contributed by atoms with Gasteiger partial charge in [-0.2, -0.15) is 4.99 Å². The van der Waals surface area contributed by atoms with Gasteiger partial charge in [-0.15, -0.1) is 0 Å². The summed E-state index contributed by atoms with van der Waals surface area (Å²) in [5, 5.41) is 0.558. The average Bonchev–Trinajstić information content (AvgIpc) is 3.31. The summed E-state index contributed by atoms with van der Waals surface area (Å²) in [7, 11) is -3.07. The van der Waals surface area contributed by atoms with E-state index in [2.05, 4.69) is 52.4 Å². The summed E-state index contributed by atoms with van der Waals surface area (Å²) in [6.07, 6.45) is 3.84. The standard InChI is InChI=1S/C26H31N3O3S2/c1-2-25(30)27-26-29(23-17-34(31,32)18-24(23)33-26)22-10-8-21(9-11-22)28-14-12-20(13-15-28)16-19-6-4-3-5-7-19/h3-11,20,23-24H,2,12-18H2,1H3/t23-,24+/m0/s1. The van der Waals surface area contributed by atoms with Crippen LogP contribution in [0.15, 0.2) is 59.6 Å². The highest BCUT2D eigenvalue weighted by atomic mass is 32.2. The van der Waals surface area contributed by atoms with E-state index in [1.54, 1.807) is 6.92 Å². The van der Waals surface area contributed by atoms with Gasteiger partial charge in [0.2, 0.25) is 5.91 Å². The number of anilines is 2. The minimum absolute atomic E-state index is 0.0725. The van der Waals surface area contributed by atoms with E-state index in [0.717, 1.165) is 31.1 Å². The number of piperidine rings is 1. The quantitative estimate of drug-likeness (QED) is 0.618. The molecule has 2 aromatic carbocycles. The Morgan fingerprint density at radius 2 is 1.68 bits per heavy atom. The van der Waals surface area contributed by atoms with E-state index in [0.29, 0.717) is 11.6 Å². The number of hydrogen-bond donors (Lipinski definition) is 0. The highest BCUT2D eigenvalue weighted by Crippen LogP contribution is 2.41. The minimum atomic E-state index is -3.07. The molecule has 2 aromatic rings. The zero-order valence-corrected chi connectivity index (χ0v) is 21.1. The molecule has 0 aromatic heterocycles. The van der Waals surface area contributed by atoms with E-state index >= 15 is 0 Å². The predicted octanol–water partition coefficient (Wildman–Crippen LogP) is 4.16.